The first-order chi connectivity index (χ1) is 9.65. The van der Waals surface area contributed by atoms with E-state index in [4.69, 9.17) is 15.2 Å². The van der Waals surface area contributed by atoms with Gasteiger partial charge in [-0.05, 0) is 31.0 Å². The van der Waals surface area contributed by atoms with Crippen molar-refractivity contribution in [2.45, 2.75) is 38.8 Å². The van der Waals surface area contributed by atoms with Crippen LogP contribution in [0.15, 0.2) is 18.2 Å². The summed E-state index contributed by atoms with van der Waals surface area (Å²) in [4.78, 5) is 11.6. The molecule has 1 amide bonds. The number of rotatable bonds is 5. The second-order valence-corrected chi connectivity index (χ2v) is 5.12. The summed E-state index contributed by atoms with van der Waals surface area (Å²) >= 11 is 0. The summed E-state index contributed by atoms with van der Waals surface area (Å²) < 4.78 is 11.2. The Bertz CT molecular complexity index is 460. The first-order valence-electron chi connectivity index (χ1n) is 7.06. The standard InChI is InChI=1S/C15H22N2O3/c1-11(16)3-6-15(18)17-10-12-4-5-13-14(9-12)20-8-2-7-19-13/h4-5,9,11H,2-3,6-8,10,16H2,1H3,(H,17,18). The van der Waals surface area contributed by atoms with E-state index in [0.29, 0.717) is 32.6 Å². The van der Waals surface area contributed by atoms with E-state index < -0.39 is 0 Å². The van der Waals surface area contributed by atoms with E-state index in [1.54, 1.807) is 0 Å². The van der Waals surface area contributed by atoms with Crippen molar-refractivity contribution in [3.8, 4) is 11.5 Å². The maximum Gasteiger partial charge on any atom is 0.220 e. The Morgan fingerprint density at radius 2 is 2.10 bits per heavy atom. The molecule has 1 unspecified atom stereocenters. The zero-order valence-electron chi connectivity index (χ0n) is 11.9. The van der Waals surface area contributed by atoms with Crippen LogP contribution in [-0.4, -0.2) is 25.2 Å². The Morgan fingerprint density at radius 3 is 2.85 bits per heavy atom. The number of nitrogens with two attached hydrogens (primary N) is 1. The lowest BCUT2D eigenvalue weighted by atomic mass is 10.1. The van der Waals surface area contributed by atoms with Crippen LogP contribution < -0.4 is 20.5 Å². The van der Waals surface area contributed by atoms with Gasteiger partial charge in [-0.2, -0.15) is 0 Å². The molecule has 1 atom stereocenters. The summed E-state index contributed by atoms with van der Waals surface area (Å²) in [5.74, 6) is 1.55. The molecular formula is C15H22N2O3. The van der Waals surface area contributed by atoms with Crippen molar-refractivity contribution in [2.24, 2.45) is 5.73 Å². The fourth-order valence-electron chi connectivity index (χ4n) is 1.97. The van der Waals surface area contributed by atoms with Crippen molar-refractivity contribution in [3.05, 3.63) is 23.8 Å². The van der Waals surface area contributed by atoms with Crippen LogP contribution in [0.3, 0.4) is 0 Å². The highest BCUT2D eigenvalue weighted by atomic mass is 16.5. The molecule has 1 aliphatic rings. The van der Waals surface area contributed by atoms with E-state index >= 15 is 0 Å². The largest absolute Gasteiger partial charge is 0.490 e. The van der Waals surface area contributed by atoms with Crippen LogP contribution >= 0.6 is 0 Å². The minimum Gasteiger partial charge on any atom is -0.490 e. The van der Waals surface area contributed by atoms with Crippen molar-refractivity contribution in [1.29, 1.82) is 0 Å². The quantitative estimate of drug-likeness (QED) is 0.858. The molecule has 0 fully saturated rings. The maximum atomic E-state index is 11.6. The number of ether oxygens (including phenoxy) is 2. The normalized spacial score (nSPS) is 15.3. The summed E-state index contributed by atoms with van der Waals surface area (Å²) in [6.07, 6.45) is 2.05. The number of benzene rings is 1. The maximum absolute atomic E-state index is 11.6. The lowest BCUT2D eigenvalue weighted by Gasteiger charge is -2.10. The summed E-state index contributed by atoms with van der Waals surface area (Å²) in [6, 6.07) is 5.81. The molecule has 2 rings (SSSR count). The predicted octanol–water partition coefficient (Wildman–Crippen LogP) is 1.59. The fraction of sp³-hybridized carbons (Fsp3) is 0.533. The number of fused-ring (bicyclic) bond motifs is 1. The Labute approximate surface area is 119 Å². The van der Waals surface area contributed by atoms with Crippen molar-refractivity contribution < 1.29 is 14.3 Å². The predicted molar refractivity (Wildman–Crippen MR) is 76.8 cm³/mol. The van der Waals surface area contributed by atoms with Gasteiger partial charge in [0, 0.05) is 25.4 Å². The average molecular weight is 278 g/mol. The SMILES string of the molecule is CC(N)CCC(=O)NCc1ccc2c(c1)OCCCO2. The highest BCUT2D eigenvalue weighted by molar-refractivity contribution is 5.75. The molecule has 1 aromatic carbocycles. The molecule has 0 saturated carbocycles. The number of nitrogens with one attached hydrogen (secondary N) is 1. The van der Waals surface area contributed by atoms with E-state index in [9.17, 15) is 4.79 Å². The molecule has 0 spiro atoms. The number of carbonyl (C=O) groups is 1. The summed E-state index contributed by atoms with van der Waals surface area (Å²) in [6.45, 7) is 3.74. The van der Waals surface area contributed by atoms with Gasteiger partial charge in [0.05, 0.1) is 13.2 Å². The van der Waals surface area contributed by atoms with Crippen LogP contribution in [0.5, 0.6) is 11.5 Å². The molecule has 0 saturated heterocycles. The average Bonchev–Trinajstić information content (AvgIpc) is 2.67. The van der Waals surface area contributed by atoms with E-state index in [-0.39, 0.29) is 11.9 Å². The van der Waals surface area contributed by atoms with E-state index in [1.165, 1.54) is 0 Å². The van der Waals surface area contributed by atoms with Crippen LogP contribution in [0.4, 0.5) is 0 Å². The number of carbonyl (C=O) groups excluding carboxylic acids is 1. The molecule has 20 heavy (non-hydrogen) atoms. The Kier molecular flexibility index (Phi) is 5.24. The van der Waals surface area contributed by atoms with E-state index in [2.05, 4.69) is 5.32 Å². The molecule has 5 heteroatoms. The minimum atomic E-state index is 0.0226. The zero-order chi connectivity index (χ0) is 14.4. The lowest BCUT2D eigenvalue weighted by Crippen LogP contribution is -2.25. The molecule has 0 radical (unpaired) electrons. The highest BCUT2D eigenvalue weighted by Crippen LogP contribution is 2.30. The first-order valence-corrected chi connectivity index (χ1v) is 7.06. The van der Waals surface area contributed by atoms with Gasteiger partial charge in [-0.25, -0.2) is 0 Å². The topological polar surface area (TPSA) is 73.6 Å². The minimum absolute atomic E-state index is 0.0226. The molecule has 3 N–H and O–H groups in total. The van der Waals surface area contributed by atoms with Crippen LogP contribution in [0.1, 0.15) is 31.7 Å². The van der Waals surface area contributed by atoms with Crippen LogP contribution in [-0.2, 0) is 11.3 Å². The molecule has 0 aliphatic carbocycles. The number of hydrogen-bond acceptors (Lipinski definition) is 4. The van der Waals surface area contributed by atoms with Crippen molar-refractivity contribution in [3.63, 3.8) is 0 Å². The molecule has 5 nitrogen and oxygen atoms in total. The van der Waals surface area contributed by atoms with Gasteiger partial charge >= 0.3 is 0 Å². The highest BCUT2D eigenvalue weighted by Gasteiger charge is 2.11. The Hall–Kier alpha value is -1.75. The van der Waals surface area contributed by atoms with Crippen LogP contribution in [0.2, 0.25) is 0 Å². The monoisotopic (exact) mass is 278 g/mol. The van der Waals surface area contributed by atoms with Gasteiger partial charge in [0.25, 0.3) is 0 Å². The third-order valence-electron chi connectivity index (χ3n) is 3.13. The first kappa shape index (κ1) is 14.7. The second kappa shape index (κ2) is 7.14. The van der Waals surface area contributed by atoms with Gasteiger partial charge in [-0.1, -0.05) is 6.07 Å². The molecule has 1 heterocycles. The smallest absolute Gasteiger partial charge is 0.220 e. The van der Waals surface area contributed by atoms with Crippen LogP contribution in [0, 0.1) is 0 Å². The van der Waals surface area contributed by atoms with Gasteiger partial charge in [-0.3, -0.25) is 4.79 Å². The van der Waals surface area contributed by atoms with Gasteiger partial charge in [-0.15, -0.1) is 0 Å². The second-order valence-electron chi connectivity index (χ2n) is 5.12. The molecule has 1 aliphatic heterocycles. The van der Waals surface area contributed by atoms with Gasteiger partial charge < -0.3 is 20.5 Å². The summed E-state index contributed by atoms with van der Waals surface area (Å²) in [7, 11) is 0. The third kappa shape index (κ3) is 4.42. The van der Waals surface area contributed by atoms with E-state index in [1.807, 2.05) is 25.1 Å². The molecule has 0 bridgehead atoms. The van der Waals surface area contributed by atoms with E-state index in [0.717, 1.165) is 23.5 Å². The molecule has 110 valence electrons. The van der Waals surface area contributed by atoms with Crippen LogP contribution in [0.25, 0.3) is 0 Å². The zero-order valence-corrected chi connectivity index (χ0v) is 11.9. The molecule has 0 aromatic heterocycles. The van der Waals surface area contributed by atoms with Gasteiger partial charge in [0.2, 0.25) is 5.91 Å². The van der Waals surface area contributed by atoms with Crippen molar-refractivity contribution >= 4 is 5.91 Å². The summed E-state index contributed by atoms with van der Waals surface area (Å²) in [5.41, 5.74) is 6.63. The van der Waals surface area contributed by atoms with Gasteiger partial charge in [0.1, 0.15) is 0 Å². The third-order valence-corrected chi connectivity index (χ3v) is 3.13. The Balaban J connectivity index is 1.87. The number of hydrogen-bond donors (Lipinski definition) is 2. The van der Waals surface area contributed by atoms with Crippen molar-refractivity contribution in [2.75, 3.05) is 13.2 Å². The molecule has 1 aromatic rings. The molecular weight excluding hydrogens is 256 g/mol. The number of amides is 1. The Morgan fingerprint density at radius 1 is 1.35 bits per heavy atom. The fourth-order valence-corrected chi connectivity index (χ4v) is 1.97. The van der Waals surface area contributed by atoms with Gasteiger partial charge in [0.15, 0.2) is 11.5 Å². The van der Waals surface area contributed by atoms with Crippen molar-refractivity contribution in [1.82, 2.24) is 5.32 Å². The summed E-state index contributed by atoms with van der Waals surface area (Å²) in [5, 5.41) is 2.89. The lowest BCUT2D eigenvalue weighted by molar-refractivity contribution is -0.121.